The molecule has 0 saturated heterocycles. The monoisotopic (exact) mass is 453 g/mol. The van der Waals surface area contributed by atoms with Crippen LogP contribution in [0.2, 0.25) is 0 Å². The molecule has 0 amide bonds. The smallest absolute Gasteiger partial charge is 0 e. The van der Waals surface area contributed by atoms with Crippen molar-refractivity contribution in [3.05, 3.63) is 76.9 Å². The van der Waals surface area contributed by atoms with E-state index in [1.807, 2.05) is 0 Å². The minimum Gasteiger partial charge on any atom is -0.168 e. The molecule has 0 saturated carbocycles. The molecular weight excluding hydrogens is 431 g/mol. The van der Waals surface area contributed by atoms with Crippen molar-refractivity contribution in [2.24, 2.45) is 0 Å². The Kier molecular flexibility index (Phi) is 4.73. The van der Waals surface area contributed by atoms with E-state index in [1.54, 1.807) is 11.1 Å². The summed E-state index contributed by atoms with van der Waals surface area (Å²) in [7, 11) is 0. The second-order valence-electron chi connectivity index (χ2n) is 6.44. The van der Waals surface area contributed by atoms with Gasteiger partial charge in [0.2, 0.25) is 0 Å². The van der Waals surface area contributed by atoms with Gasteiger partial charge in [-0.15, -0.1) is 34.5 Å². The molecule has 1 aliphatic rings. The van der Waals surface area contributed by atoms with Gasteiger partial charge in [-0.1, -0.05) is 54.8 Å². The topological polar surface area (TPSA) is 0 Å². The molecule has 0 aliphatic heterocycles. The quantitative estimate of drug-likeness (QED) is 0.370. The van der Waals surface area contributed by atoms with E-state index >= 15 is 0 Å². The van der Waals surface area contributed by atoms with Gasteiger partial charge in [0.05, 0.1) is 0 Å². The minimum absolute atomic E-state index is 0. The standard InChI is InChI=1S/C21H21.Hf/c1-15(16-6-3-2-4-7-16)12-19-10-11-20-13-17-8-5-9-18(17)14-21(19)20;/h2-4,6-7,10-11,13-15H,5,8-9,12H2,1H3;/q-1;. The van der Waals surface area contributed by atoms with E-state index in [0.717, 1.165) is 6.42 Å². The Balaban J connectivity index is 0.00000144. The average molecular weight is 452 g/mol. The third-order valence-electron chi connectivity index (χ3n) is 4.97. The predicted molar refractivity (Wildman–Crippen MR) is 90.1 cm³/mol. The first kappa shape index (κ1) is 15.8. The van der Waals surface area contributed by atoms with Crippen molar-refractivity contribution in [1.29, 1.82) is 0 Å². The van der Waals surface area contributed by atoms with Crippen LogP contribution >= 0.6 is 0 Å². The molecule has 0 aromatic heterocycles. The molecule has 0 bridgehead atoms. The van der Waals surface area contributed by atoms with Gasteiger partial charge in [-0.25, -0.2) is 0 Å². The van der Waals surface area contributed by atoms with Gasteiger partial charge in [0, 0.05) is 25.8 Å². The van der Waals surface area contributed by atoms with E-state index in [4.69, 9.17) is 0 Å². The van der Waals surface area contributed by atoms with Gasteiger partial charge < -0.3 is 0 Å². The van der Waals surface area contributed by atoms with Gasteiger partial charge in [-0.05, 0) is 30.7 Å². The summed E-state index contributed by atoms with van der Waals surface area (Å²) in [6.07, 6.45) is 5.00. The molecule has 0 radical (unpaired) electrons. The summed E-state index contributed by atoms with van der Waals surface area (Å²) < 4.78 is 0. The molecule has 0 spiro atoms. The zero-order valence-electron chi connectivity index (χ0n) is 13.1. The number of fused-ring (bicyclic) bond motifs is 2. The molecule has 0 N–H and O–H groups in total. The van der Waals surface area contributed by atoms with Crippen LogP contribution < -0.4 is 0 Å². The molecular formula is C21H21Hf-. The van der Waals surface area contributed by atoms with Crippen molar-refractivity contribution < 1.29 is 25.8 Å². The Hall–Kier alpha value is -1.08. The Bertz CT molecular complexity index is 767. The van der Waals surface area contributed by atoms with Crippen LogP contribution in [-0.2, 0) is 45.1 Å². The van der Waals surface area contributed by atoms with Crippen LogP contribution in [-0.4, -0.2) is 0 Å². The molecule has 0 fully saturated rings. The van der Waals surface area contributed by atoms with Crippen LogP contribution in [0.15, 0.2) is 54.6 Å². The Morgan fingerprint density at radius 1 is 1.00 bits per heavy atom. The molecule has 1 atom stereocenters. The molecule has 1 heteroatoms. The van der Waals surface area contributed by atoms with Crippen LogP contribution in [0, 0.1) is 0 Å². The SMILES string of the molecule is CC(C[c-]1ccc2cc3c(cc21)CCC3)c1ccccc1.[Hf]. The molecule has 3 aromatic carbocycles. The Labute approximate surface area is 151 Å². The average Bonchev–Trinajstić information content (AvgIpc) is 3.13. The van der Waals surface area contributed by atoms with Gasteiger partial charge in [-0.3, -0.25) is 0 Å². The normalized spacial score (nSPS) is 14.6. The number of hydrogen-bond donors (Lipinski definition) is 0. The van der Waals surface area contributed by atoms with Crippen LogP contribution in [0.4, 0.5) is 0 Å². The van der Waals surface area contributed by atoms with E-state index in [-0.39, 0.29) is 25.8 Å². The number of aryl methyl sites for hydroxylation is 2. The summed E-state index contributed by atoms with van der Waals surface area (Å²) >= 11 is 0. The summed E-state index contributed by atoms with van der Waals surface area (Å²) in [5, 5.41) is 2.92. The maximum Gasteiger partial charge on any atom is 0 e. The van der Waals surface area contributed by atoms with Crippen molar-refractivity contribution in [1.82, 2.24) is 0 Å². The molecule has 1 unspecified atom stereocenters. The minimum atomic E-state index is 0. The first-order valence-corrected chi connectivity index (χ1v) is 8.06. The van der Waals surface area contributed by atoms with Crippen molar-refractivity contribution in [3.63, 3.8) is 0 Å². The Morgan fingerprint density at radius 2 is 1.73 bits per heavy atom. The molecule has 0 nitrogen and oxygen atoms in total. The van der Waals surface area contributed by atoms with Gasteiger partial charge in [-0.2, -0.15) is 6.07 Å². The Morgan fingerprint density at radius 3 is 2.50 bits per heavy atom. The zero-order chi connectivity index (χ0) is 14.2. The number of benzene rings is 2. The molecule has 22 heavy (non-hydrogen) atoms. The van der Waals surface area contributed by atoms with E-state index < -0.39 is 0 Å². The molecule has 4 rings (SSSR count). The molecule has 0 heterocycles. The van der Waals surface area contributed by atoms with E-state index in [0.29, 0.717) is 5.92 Å². The fraction of sp³-hybridized carbons (Fsp3) is 0.286. The van der Waals surface area contributed by atoms with Crippen molar-refractivity contribution >= 4 is 10.8 Å². The fourth-order valence-corrected chi connectivity index (χ4v) is 3.75. The van der Waals surface area contributed by atoms with Gasteiger partial charge in [0.25, 0.3) is 0 Å². The second kappa shape index (κ2) is 6.58. The maximum atomic E-state index is 2.46. The molecule has 1 aliphatic carbocycles. The summed E-state index contributed by atoms with van der Waals surface area (Å²) in [6.45, 7) is 2.33. The molecule has 3 aromatic rings. The van der Waals surface area contributed by atoms with E-state index in [9.17, 15) is 0 Å². The number of rotatable bonds is 3. The summed E-state index contributed by atoms with van der Waals surface area (Å²) in [4.78, 5) is 0. The van der Waals surface area contributed by atoms with Crippen molar-refractivity contribution in [2.75, 3.05) is 0 Å². The summed E-state index contributed by atoms with van der Waals surface area (Å²) in [5.74, 6) is 0.574. The van der Waals surface area contributed by atoms with Crippen molar-refractivity contribution in [3.8, 4) is 0 Å². The van der Waals surface area contributed by atoms with Gasteiger partial charge in [0.15, 0.2) is 0 Å². The van der Waals surface area contributed by atoms with Crippen LogP contribution in [0.1, 0.15) is 41.5 Å². The zero-order valence-corrected chi connectivity index (χ0v) is 16.7. The summed E-state index contributed by atoms with van der Waals surface area (Å²) in [5.41, 5.74) is 6.11. The van der Waals surface area contributed by atoms with Crippen LogP contribution in [0.5, 0.6) is 0 Å². The van der Waals surface area contributed by atoms with Crippen molar-refractivity contribution in [2.45, 2.75) is 38.5 Å². The third kappa shape index (κ3) is 2.88. The molecule has 110 valence electrons. The predicted octanol–water partition coefficient (Wildman–Crippen LogP) is 5.39. The first-order valence-electron chi connectivity index (χ1n) is 8.06. The fourth-order valence-electron chi connectivity index (χ4n) is 3.75. The largest absolute Gasteiger partial charge is 0.168 e. The van der Waals surface area contributed by atoms with Crippen LogP contribution in [0.3, 0.4) is 0 Å². The van der Waals surface area contributed by atoms with Gasteiger partial charge >= 0.3 is 0 Å². The van der Waals surface area contributed by atoms with Crippen LogP contribution in [0.25, 0.3) is 10.8 Å². The van der Waals surface area contributed by atoms with E-state index in [2.05, 4.69) is 61.5 Å². The number of hydrogen-bond acceptors (Lipinski definition) is 0. The maximum absolute atomic E-state index is 2.46. The summed E-state index contributed by atoms with van der Waals surface area (Å²) in [6, 6.07) is 20.4. The third-order valence-corrected chi connectivity index (χ3v) is 4.97. The first-order chi connectivity index (χ1) is 10.3. The van der Waals surface area contributed by atoms with Gasteiger partial charge in [0.1, 0.15) is 0 Å². The van der Waals surface area contributed by atoms with E-state index in [1.165, 1.54) is 41.2 Å². The second-order valence-corrected chi connectivity index (χ2v) is 6.44.